The van der Waals surface area contributed by atoms with Crippen LogP contribution in [0.15, 0.2) is 18.2 Å². The predicted molar refractivity (Wildman–Crippen MR) is 81.3 cm³/mol. The Labute approximate surface area is 126 Å². The SMILES string of the molecule is COc1ccc(CN(C)C(=O)C2CCCC2N)cc1OC. The molecule has 0 aromatic heterocycles. The zero-order valence-corrected chi connectivity index (χ0v) is 13.0. The number of carbonyl (C=O) groups is 1. The Hall–Kier alpha value is -1.75. The third kappa shape index (κ3) is 3.47. The van der Waals surface area contributed by atoms with Crippen LogP contribution in [0.3, 0.4) is 0 Å². The van der Waals surface area contributed by atoms with Crippen LogP contribution >= 0.6 is 0 Å². The van der Waals surface area contributed by atoms with Crippen molar-refractivity contribution < 1.29 is 14.3 Å². The first kappa shape index (κ1) is 15.6. The highest BCUT2D eigenvalue weighted by Crippen LogP contribution is 2.29. The van der Waals surface area contributed by atoms with Crippen LogP contribution in [-0.2, 0) is 11.3 Å². The van der Waals surface area contributed by atoms with E-state index >= 15 is 0 Å². The number of hydrogen-bond donors (Lipinski definition) is 1. The van der Waals surface area contributed by atoms with Crippen molar-refractivity contribution in [1.82, 2.24) is 4.90 Å². The first-order valence-corrected chi connectivity index (χ1v) is 7.28. The summed E-state index contributed by atoms with van der Waals surface area (Å²) in [6, 6.07) is 5.70. The lowest BCUT2D eigenvalue weighted by Crippen LogP contribution is -2.39. The van der Waals surface area contributed by atoms with Crippen molar-refractivity contribution in [1.29, 1.82) is 0 Å². The number of methoxy groups -OCH3 is 2. The molecule has 0 radical (unpaired) electrons. The Balaban J connectivity index is 2.05. The minimum Gasteiger partial charge on any atom is -0.493 e. The van der Waals surface area contributed by atoms with Crippen molar-refractivity contribution in [2.24, 2.45) is 11.7 Å². The molecule has 2 N–H and O–H groups in total. The lowest BCUT2D eigenvalue weighted by atomic mass is 10.0. The van der Waals surface area contributed by atoms with Gasteiger partial charge in [-0.05, 0) is 30.5 Å². The topological polar surface area (TPSA) is 64.8 Å². The molecule has 2 atom stereocenters. The second-order valence-corrected chi connectivity index (χ2v) is 5.58. The average Bonchev–Trinajstić information content (AvgIpc) is 2.92. The molecule has 2 rings (SSSR count). The fourth-order valence-corrected chi connectivity index (χ4v) is 2.91. The Morgan fingerprint density at radius 3 is 2.57 bits per heavy atom. The van der Waals surface area contributed by atoms with Gasteiger partial charge in [0.2, 0.25) is 5.91 Å². The standard InChI is InChI=1S/C16H24N2O3/c1-18(16(19)12-5-4-6-13(12)17)10-11-7-8-14(20-2)15(9-11)21-3/h7-9,12-13H,4-6,10,17H2,1-3H3. The molecule has 0 aliphatic heterocycles. The summed E-state index contributed by atoms with van der Waals surface area (Å²) < 4.78 is 10.5. The van der Waals surface area contributed by atoms with E-state index in [9.17, 15) is 4.79 Å². The van der Waals surface area contributed by atoms with Gasteiger partial charge in [0, 0.05) is 19.6 Å². The first-order valence-electron chi connectivity index (χ1n) is 7.28. The normalized spacial score (nSPS) is 21.1. The lowest BCUT2D eigenvalue weighted by Gasteiger charge is -2.23. The van der Waals surface area contributed by atoms with Gasteiger partial charge in [-0.1, -0.05) is 12.5 Å². The molecule has 5 nitrogen and oxygen atoms in total. The largest absolute Gasteiger partial charge is 0.493 e. The second kappa shape index (κ2) is 6.80. The molecular weight excluding hydrogens is 268 g/mol. The molecule has 1 saturated carbocycles. The first-order chi connectivity index (χ1) is 10.1. The molecule has 1 aliphatic carbocycles. The molecule has 2 unspecified atom stereocenters. The van der Waals surface area contributed by atoms with E-state index in [4.69, 9.17) is 15.2 Å². The van der Waals surface area contributed by atoms with E-state index in [1.54, 1.807) is 19.1 Å². The Morgan fingerprint density at radius 1 is 1.29 bits per heavy atom. The Morgan fingerprint density at radius 2 is 2.00 bits per heavy atom. The highest BCUT2D eigenvalue weighted by atomic mass is 16.5. The summed E-state index contributed by atoms with van der Waals surface area (Å²) in [6.07, 6.45) is 2.89. The quantitative estimate of drug-likeness (QED) is 0.898. The number of hydrogen-bond acceptors (Lipinski definition) is 4. The Kier molecular flexibility index (Phi) is 5.07. The van der Waals surface area contributed by atoms with E-state index in [0.29, 0.717) is 18.0 Å². The average molecular weight is 292 g/mol. The molecule has 1 aromatic carbocycles. The number of amides is 1. The van der Waals surface area contributed by atoms with Gasteiger partial charge in [0.15, 0.2) is 11.5 Å². The van der Waals surface area contributed by atoms with Gasteiger partial charge in [0.25, 0.3) is 0 Å². The van der Waals surface area contributed by atoms with E-state index in [2.05, 4.69) is 0 Å². The summed E-state index contributed by atoms with van der Waals surface area (Å²) in [5, 5.41) is 0. The van der Waals surface area contributed by atoms with Crippen LogP contribution in [0.25, 0.3) is 0 Å². The van der Waals surface area contributed by atoms with Crippen molar-refractivity contribution in [3.63, 3.8) is 0 Å². The summed E-state index contributed by atoms with van der Waals surface area (Å²) in [5.41, 5.74) is 7.02. The molecule has 116 valence electrons. The smallest absolute Gasteiger partial charge is 0.227 e. The summed E-state index contributed by atoms with van der Waals surface area (Å²) in [4.78, 5) is 14.2. The van der Waals surface area contributed by atoms with E-state index < -0.39 is 0 Å². The number of rotatable bonds is 5. The van der Waals surface area contributed by atoms with Gasteiger partial charge in [-0.3, -0.25) is 4.79 Å². The van der Waals surface area contributed by atoms with Crippen molar-refractivity contribution in [3.8, 4) is 11.5 Å². The van der Waals surface area contributed by atoms with Gasteiger partial charge in [-0.2, -0.15) is 0 Å². The van der Waals surface area contributed by atoms with Gasteiger partial charge < -0.3 is 20.1 Å². The highest BCUT2D eigenvalue weighted by Gasteiger charge is 2.32. The Bertz CT molecular complexity index is 504. The number of nitrogens with two attached hydrogens (primary N) is 1. The third-order valence-electron chi connectivity index (χ3n) is 4.13. The van der Waals surface area contributed by atoms with E-state index in [-0.39, 0.29) is 17.9 Å². The van der Waals surface area contributed by atoms with Crippen LogP contribution in [0, 0.1) is 5.92 Å². The van der Waals surface area contributed by atoms with Crippen LogP contribution in [0.1, 0.15) is 24.8 Å². The van der Waals surface area contributed by atoms with Gasteiger partial charge >= 0.3 is 0 Å². The maximum atomic E-state index is 12.4. The molecule has 1 fully saturated rings. The predicted octanol–water partition coefficient (Wildman–Crippen LogP) is 1.79. The zero-order chi connectivity index (χ0) is 15.4. The maximum absolute atomic E-state index is 12.4. The van der Waals surface area contributed by atoms with Crippen LogP contribution < -0.4 is 15.2 Å². The number of carbonyl (C=O) groups excluding carboxylic acids is 1. The third-order valence-corrected chi connectivity index (χ3v) is 4.13. The van der Waals surface area contributed by atoms with Crippen molar-refractivity contribution in [2.75, 3.05) is 21.3 Å². The molecule has 0 spiro atoms. The fraction of sp³-hybridized carbons (Fsp3) is 0.562. The summed E-state index contributed by atoms with van der Waals surface area (Å²) in [7, 11) is 5.03. The van der Waals surface area contributed by atoms with Gasteiger partial charge in [-0.25, -0.2) is 0 Å². The number of ether oxygens (including phenoxy) is 2. The maximum Gasteiger partial charge on any atom is 0.227 e. The lowest BCUT2D eigenvalue weighted by molar-refractivity contribution is -0.134. The minimum absolute atomic E-state index is 0.00496. The van der Waals surface area contributed by atoms with Gasteiger partial charge in [0.05, 0.1) is 20.1 Å². The van der Waals surface area contributed by atoms with Crippen molar-refractivity contribution in [3.05, 3.63) is 23.8 Å². The fourth-order valence-electron chi connectivity index (χ4n) is 2.91. The van der Waals surface area contributed by atoms with E-state index in [0.717, 1.165) is 24.8 Å². The summed E-state index contributed by atoms with van der Waals surface area (Å²) in [5.74, 6) is 1.46. The number of nitrogens with zero attached hydrogens (tertiary/aromatic N) is 1. The second-order valence-electron chi connectivity index (χ2n) is 5.58. The zero-order valence-electron chi connectivity index (χ0n) is 13.0. The van der Waals surface area contributed by atoms with Crippen molar-refractivity contribution >= 4 is 5.91 Å². The molecule has 0 saturated heterocycles. The van der Waals surface area contributed by atoms with E-state index in [1.807, 2.05) is 25.2 Å². The molecule has 1 amide bonds. The summed E-state index contributed by atoms with van der Waals surface area (Å²) in [6.45, 7) is 0.544. The molecule has 1 aromatic rings. The van der Waals surface area contributed by atoms with Crippen molar-refractivity contribution in [2.45, 2.75) is 31.8 Å². The molecule has 1 aliphatic rings. The molecule has 0 heterocycles. The van der Waals surface area contributed by atoms with Gasteiger partial charge in [-0.15, -0.1) is 0 Å². The summed E-state index contributed by atoms with van der Waals surface area (Å²) >= 11 is 0. The molecule has 0 bridgehead atoms. The van der Waals surface area contributed by atoms with E-state index in [1.165, 1.54) is 0 Å². The minimum atomic E-state index is -0.0323. The monoisotopic (exact) mass is 292 g/mol. The van der Waals surface area contributed by atoms with Crippen LogP contribution in [0.2, 0.25) is 0 Å². The van der Waals surface area contributed by atoms with Gasteiger partial charge in [0.1, 0.15) is 0 Å². The van der Waals surface area contributed by atoms with Crippen LogP contribution in [0.4, 0.5) is 0 Å². The molecule has 5 heteroatoms. The van der Waals surface area contributed by atoms with Crippen LogP contribution in [-0.4, -0.2) is 38.1 Å². The molecular formula is C16H24N2O3. The van der Waals surface area contributed by atoms with Crippen LogP contribution in [0.5, 0.6) is 11.5 Å². The highest BCUT2D eigenvalue weighted by molar-refractivity contribution is 5.79. The molecule has 21 heavy (non-hydrogen) atoms. The number of benzene rings is 1.